The number of anilines is 1. The first kappa shape index (κ1) is 23.2. The SMILES string of the molecule is CCOC(=O)c1c(NC(=O)c2c(C)c(-c3ccccc3)nc3ccccc23)sc2c1CCCCC2. The molecule has 0 saturated heterocycles. The molecule has 1 aliphatic rings. The van der Waals surface area contributed by atoms with E-state index in [4.69, 9.17) is 9.72 Å². The van der Waals surface area contributed by atoms with Crippen molar-refractivity contribution >= 4 is 39.1 Å². The largest absolute Gasteiger partial charge is 0.462 e. The van der Waals surface area contributed by atoms with E-state index in [1.807, 2.05) is 61.5 Å². The molecule has 5 rings (SSSR count). The molecule has 2 aromatic carbocycles. The molecule has 0 atom stereocenters. The van der Waals surface area contributed by atoms with Crippen LogP contribution in [0, 0.1) is 6.92 Å². The van der Waals surface area contributed by atoms with Gasteiger partial charge in [0.05, 0.1) is 28.9 Å². The highest BCUT2D eigenvalue weighted by Crippen LogP contribution is 2.39. The molecule has 1 N–H and O–H groups in total. The van der Waals surface area contributed by atoms with E-state index >= 15 is 0 Å². The Morgan fingerprint density at radius 3 is 2.51 bits per heavy atom. The summed E-state index contributed by atoms with van der Waals surface area (Å²) in [4.78, 5) is 32.9. The molecular formula is C29H28N2O3S. The summed E-state index contributed by atoms with van der Waals surface area (Å²) in [5.41, 5.74) is 5.46. The van der Waals surface area contributed by atoms with Crippen molar-refractivity contribution in [3.05, 3.63) is 81.7 Å². The molecule has 1 amide bonds. The summed E-state index contributed by atoms with van der Waals surface area (Å²) >= 11 is 1.52. The number of carbonyl (C=O) groups excluding carboxylic acids is 2. The van der Waals surface area contributed by atoms with Crippen molar-refractivity contribution in [1.29, 1.82) is 0 Å². The predicted molar refractivity (Wildman–Crippen MR) is 141 cm³/mol. The summed E-state index contributed by atoms with van der Waals surface area (Å²) in [6, 6.07) is 17.6. The summed E-state index contributed by atoms with van der Waals surface area (Å²) < 4.78 is 5.40. The topological polar surface area (TPSA) is 68.3 Å². The quantitative estimate of drug-likeness (QED) is 0.245. The molecule has 0 bridgehead atoms. The van der Waals surface area contributed by atoms with Gasteiger partial charge in [-0.2, -0.15) is 0 Å². The Morgan fingerprint density at radius 1 is 0.971 bits per heavy atom. The molecule has 0 fully saturated rings. The third-order valence-electron chi connectivity index (χ3n) is 6.54. The minimum atomic E-state index is -0.358. The lowest BCUT2D eigenvalue weighted by molar-refractivity contribution is 0.0527. The lowest BCUT2D eigenvalue weighted by Crippen LogP contribution is -2.17. The van der Waals surface area contributed by atoms with Crippen LogP contribution in [0.2, 0.25) is 0 Å². The zero-order valence-corrected chi connectivity index (χ0v) is 20.8. The second kappa shape index (κ2) is 10.0. The number of para-hydroxylation sites is 1. The van der Waals surface area contributed by atoms with Crippen molar-refractivity contribution in [3.8, 4) is 11.3 Å². The van der Waals surface area contributed by atoms with Gasteiger partial charge in [-0.05, 0) is 56.7 Å². The fourth-order valence-corrected chi connectivity index (χ4v) is 6.16. The highest BCUT2D eigenvalue weighted by Gasteiger charge is 2.28. The molecule has 4 aromatic rings. The van der Waals surface area contributed by atoms with E-state index in [1.165, 1.54) is 16.2 Å². The minimum absolute atomic E-state index is 0.236. The number of nitrogens with zero attached hydrogens (tertiary/aromatic N) is 1. The smallest absolute Gasteiger partial charge is 0.341 e. The summed E-state index contributed by atoms with van der Waals surface area (Å²) in [7, 11) is 0. The van der Waals surface area contributed by atoms with Crippen molar-refractivity contribution in [1.82, 2.24) is 4.98 Å². The Labute approximate surface area is 209 Å². The van der Waals surface area contributed by atoms with Crippen molar-refractivity contribution in [2.24, 2.45) is 0 Å². The van der Waals surface area contributed by atoms with Gasteiger partial charge in [-0.1, -0.05) is 55.0 Å². The van der Waals surface area contributed by atoms with Crippen molar-refractivity contribution in [2.45, 2.75) is 46.0 Å². The molecule has 178 valence electrons. The van der Waals surface area contributed by atoms with Crippen LogP contribution in [0.5, 0.6) is 0 Å². The average Bonchev–Trinajstić information content (AvgIpc) is 3.04. The van der Waals surface area contributed by atoms with Gasteiger partial charge in [-0.3, -0.25) is 4.79 Å². The molecule has 35 heavy (non-hydrogen) atoms. The molecule has 1 aliphatic carbocycles. The van der Waals surface area contributed by atoms with Gasteiger partial charge in [0.2, 0.25) is 0 Å². The Kier molecular flexibility index (Phi) is 6.64. The van der Waals surface area contributed by atoms with Crippen LogP contribution in [0.4, 0.5) is 5.00 Å². The maximum Gasteiger partial charge on any atom is 0.341 e. The Bertz CT molecular complexity index is 1410. The maximum atomic E-state index is 13.9. The highest BCUT2D eigenvalue weighted by molar-refractivity contribution is 7.17. The normalized spacial score (nSPS) is 13.2. The number of carbonyl (C=O) groups is 2. The molecule has 0 aliphatic heterocycles. The number of hydrogen-bond donors (Lipinski definition) is 1. The van der Waals surface area contributed by atoms with Crippen LogP contribution in [-0.4, -0.2) is 23.5 Å². The van der Waals surface area contributed by atoms with Crippen LogP contribution in [0.1, 0.15) is 62.9 Å². The number of hydrogen-bond acceptors (Lipinski definition) is 5. The second-order valence-electron chi connectivity index (χ2n) is 8.79. The van der Waals surface area contributed by atoms with E-state index in [1.54, 1.807) is 6.92 Å². The summed E-state index contributed by atoms with van der Waals surface area (Å²) in [6.45, 7) is 4.04. The van der Waals surface area contributed by atoms with E-state index in [-0.39, 0.29) is 11.9 Å². The number of aromatic nitrogens is 1. The lowest BCUT2D eigenvalue weighted by atomic mass is 9.97. The summed E-state index contributed by atoms with van der Waals surface area (Å²) in [6.07, 6.45) is 5.05. The number of rotatable bonds is 5. The van der Waals surface area contributed by atoms with E-state index in [2.05, 4.69) is 5.32 Å². The van der Waals surface area contributed by atoms with Crippen LogP contribution < -0.4 is 5.32 Å². The number of aryl methyl sites for hydroxylation is 1. The number of thiophene rings is 1. The standard InChI is InChI=1S/C29H28N2O3S/c1-3-34-29(33)25-21-15-8-5-9-17-23(21)35-28(25)31-27(32)24-18(2)26(19-12-6-4-7-13-19)30-22-16-11-10-14-20(22)24/h4,6-7,10-14,16H,3,5,8-9,15,17H2,1-2H3,(H,31,32). The molecular weight excluding hydrogens is 456 g/mol. The molecule has 6 heteroatoms. The number of ether oxygens (including phenoxy) is 1. The maximum absolute atomic E-state index is 13.9. The van der Waals surface area contributed by atoms with Gasteiger partial charge in [0.15, 0.2) is 0 Å². The van der Waals surface area contributed by atoms with Crippen LogP contribution in [0.3, 0.4) is 0 Å². The summed E-state index contributed by atoms with van der Waals surface area (Å²) in [5, 5.41) is 4.48. The molecule has 0 unspecified atom stereocenters. The van der Waals surface area contributed by atoms with Crippen molar-refractivity contribution in [2.75, 3.05) is 11.9 Å². The molecule has 0 saturated carbocycles. The van der Waals surface area contributed by atoms with Gasteiger partial charge < -0.3 is 10.1 Å². The first-order chi connectivity index (χ1) is 17.1. The van der Waals surface area contributed by atoms with Crippen LogP contribution in [0.15, 0.2) is 54.6 Å². The first-order valence-corrected chi connectivity index (χ1v) is 13.0. The van der Waals surface area contributed by atoms with Crippen LogP contribution in [-0.2, 0) is 17.6 Å². The van der Waals surface area contributed by atoms with Gasteiger partial charge in [0.25, 0.3) is 5.91 Å². The monoisotopic (exact) mass is 484 g/mol. The van der Waals surface area contributed by atoms with Gasteiger partial charge in [0.1, 0.15) is 5.00 Å². The van der Waals surface area contributed by atoms with E-state index in [0.717, 1.165) is 65.4 Å². The van der Waals surface area contributed by atoms with E-state index in [0.29, 0.717) is 22.7 Å². The zero-order chi connectivity index (χ0) is 24.4. The minimum Gasteiger partial charge on any atom is -0.462 e. The first-order valence-electron chi connectivity index (χ1n) is 12.2. The fraction of sp³-hybridized carbons (Fsp3) is 0.276. The Hall–Kier alpha value is -3.51. The van der Waals surface area contributed by atoms with Crippen molar-refractivity contribution < 1.29 is 14.3 Å². The van der Waals surface area contributed by atoms with Gasteiger partial charge in [-0.25, -0.2) is 9.78 Å². The molecule has 2 heterocycles. The van der Waals surface area contributed by atoms with Crippen LogP contribution in [0.25, 0.3) is 22.2 Å². The molecule has 0 radical (unpaired) electrons. The van der Waals surface area contributed by atoms with Crippen LogP contribution >= 0.6 is 11.3 Å². The van der Waals surface area contributed by atoms with Gasteiger partial charge in [0, 0.05) is 15.8 Å². The number of nitrogens with one attached hydrogen (secondary N) is 1. The summed E-state index contributed by atoms with van der Waals surface area (Å²) in [5.74, 6) is -0.594. The van der Waals surface area contributed by atoms with Gasteiger partial charge in [-0.15, -0.1) is 11.3 Å². The average molecular weight is 485 g/mol. The number of esters is 1. The highest BCUT2D eigenvalue weighted by atomic mass is 32.1. The number of amides is 1. The second-order valence-corrected chi connectivity index (χ2v) is 9.89. The fourth-order valence-electron chi connectivity index (χ4n) is 4.89. The van der Waals surface area contributed by atoms with E-state index in [9.17, 15) is 9.59 Å². The number of fused-ring (bicyclic) bond motifs is 2. The van der Waals surface area contributed by atoms with E-state index < -0.39 is 0 Å². The Morgan fingerprint density at radius 2 is 1.71 bits per heavy atom. The van der Waals surface area contributed by atoms with Crippen molar-refractivity contribution in [3.63, 3.8) is 0 Å². The third-order valence-corrected chi connectivity index (χ3v) is 7.75. The molecule has 5 nitrogen and oxygen atoms in total. The lowest BCUT2D eigenvalue weighted by Gasteiger charge is -2.15. The molecule has 0 spiro atoms. The number of benzene rings is 2. The molecule has 2 aromatic heterocycles. The number of pyridine rings is 1. The Balaban J connectivity index is 1.62. The third kappa shape index (κ3) is 4.46. The zero-order valence-electron chi connectivity index (χ0n) is 20.0. The predicted octanol–water partition coefficient (Wildman–Crippen LogP) is 6.97. The van der Waals surface area contributed by atoms with Gasteiger partial charge >= 0.3 is 5.97 Å².